The molecule has 0 aliphatic carbocycles. The van der Waals surface area contributed by atoms with Crippen LogP contribution in [0.1, 0.15) is 46.8 Å². The highest BCUT2D eigenvalue weighted by molar-refractivity contribution is 6.09. The molecule has 0 aliphatic heterocycles. The fourth-order valence-corrected chi connectivity index (χ4v) is 3.46. The number of carboxylic acids is 1. The number of nitrogens with one attached hydrogen (secondary N) is 1. The number of carbonyl (C=O) groups is 2. The number of halogens is 3. The van der Waals surface area contributed by atoms with Gasteiger partial charge < -0.3 is 10.4 Å². The summed E-state index contributed by atoms with van der Waals surface area (Å²) in [7, 11) is 0. The van der Waals surface area contributed by atoms with Gasteiger partial charge in [0.05, 0.1) is 12.0 Å². The number of anilines is 1. The molecule has 32 heavy (non-hydrogen) atoms. The van der Waals surface area contributed by atoms with E-state index >= 15 is 0 Å². The van der Waals surface area contributed by atoms with Crippen LogP contribution < -0.4 is 5.32 Å². The first-order valence-corrected chi connectivity index (χ1v) is 9.99. The van der Waals surface area contributed by atoms with Crippen LogP contribution in [-0.4, -0.2) is 17.0 Å². The van der Waals surface area contributed by atoms with Gasteiger partial charge >= 0.3 is 12.1 Å². The monoisotopic (exact) mass is 441 g/mol. The first kappa shape index (κ1) is 23.1. The molecule has 0 heterocycles. The highest BCUT2D eigenvalue weighted by Crippen LogP contribution is 2.34. The zero-order valence-electron chi connectivity index (χ0n) is 17.5. The van der Waals surface area contributed by atoms with Crippen LogP contribution >= 0.6 is 0 Å². The lowest BCUT2D eigenvalue weighted by Crippen LogP contribution is -2.17. The van der Waals surface area contributed by atoms with E-state index in [9.17, 15) is 22.8 Å². The molecule has 3 aromatic carbocycles. The van der Waals surface area contributed by atoms with Crippen LogP contribution in [0.4, 0.5) is 18.9 Å². The number of alkyl halides is 3. The highest BCUT2D eigenvalue weighted by atomic mass is 19.4. The Kier molecular flexibility index (Phi) is 6.67. The second-order valence-corrected chi connectivity index (χ2v) is 7.73. The fourth-order valence-electron chi connectivity index (χ4n) is 3.46. The van der Waals surface area contributed by atoms with Gasteiger partial charge in [-0.15, -0.1) is 0 Å². The smallest absolute Gasteiger partial charge is 0.416 e. The summed E-state index contributed by atoms with van der Waals surface area (Å²) in [4.78, 5) is 24.2. The van der Waals surface area contributed by atoms with E-state index in [0.717, 1.165) is 12.1 Å². The quantitative estimate of drug-likeness (QED) is 0.467. The first-order chi connectivity index (χ1) is 15.1. The van der Waals surface area contributed by atoms with Crippen molar-refractivity contribution in [2.45, 2.75) is 32.4 Å². The standard InChI is InChI=1S/C25H22F3NO3/c1-15(2)20-12-16(13-23(30)31)8-11-22(20)29-24(32)21-14-18(25(26,27)28)9-10-19(21)17-6-4-3-5-7-17/h3-12,14-15H,13H2,1-2H3,(H,29,32)(H,30,31). The van der Waals surface area contributed by atoms with Crippen LogP contribution in [0, 0.1) is 0 Å². The van der Waals surface area contributed by atoms with E-state index in [-0.39, 0.29) is 17.9 Å². The minimum atomic E-state index is -4.59. The topological polar surface area (TPSA) is 66.4 Å². The van der Waals surface area contributed by atoms with E-state index < -0.39 is 23.6 Å². The van der Waals surface area contributed by atoms with Crippen molar-refractivity contribution in [1.29, 1.82) is 0 Å². The molecule has 0 atom stereocenters. The second kappa shape index (κ2) is 9.26. The second-order valence-electron chi connectivity index (χ2n) is 7.73. The number of hydrogen-bond acceptors (Lipinski definition) is 2. The summed E-state index contributed by atoms with van der Waals surface area (Å²) < 4.78 is 40.0. The van der Waals surface area contributed by atoms with Gasteiger partial charge in [-0.1, -0.05) is 62.4 Å². The molecule has 166 valence electrons. The molecular weight excluding hydrogens is 419 g/mol. The Morgan fingerprint density at radius 2 is 1.66 bits per heavy atom. The zero-order chi connectivity index (χ0) is 23.5. The Morgan fingerprint density at radius 3 is 2.25 bits per heavy atom. The SMILES string of the molecule is CC(C)c1cc(CC(=O)O)ccc1NC(=O)c1cc(C(F)(F)F)ccc1-c1ccccc1. The zero-order valence-corrected chi connectivity index (χ0v) is 17.5. The van der Waals surface area contributed by atoms with E-state index in [1.54, 1.807) is 48.5 Å². The van der Waals surface area contributed by atoms with E-state index in [2.05, 4.69) is 5.32 Å². The number of rotatable bonds is 6. The maximum absolute atomic E-state index is 13.3. The number of carboxylic acid groups (broad SMARTS) is 1. The van der Waals surface area contributed by atoms with Gasteiger partial charge in [-0.25, -0.2) is 0 Å². The number of hydrogen-bond donors (Lipinski definition) is 2. The molecule has 0 bridgehead atoms. The summed E-state index contributed by atoms with van der Waals surface area (Å²) >= 11 is 0. The molecule has 7 heteroatoms. The van der Waals surface area contributed by atoms with Crippen molar-refractivity contribution in [3.8, 4) is 11.1 Å². The van der Waals surface area contributed by atoms with Crippen LogP contribution in [0.3, 0.4) is 0 Å². The van der Waals surface area contributed by atoms with Crippen molar-refractivity contribution >= 4 is 17.6 Å². The predicted octanol–water partition coefficient (Wildman–Crippen LogP) is 6.38. The van der Waals surface area contributed by atoms with E-state index in [1.165, 1.54) is 6.07 Å². The Morgan fingerprint density at radius 1 is 0.969 bits per heavy atom. The van der Waals surface area contributed by atoms with Crippen molar-refractivity contribution < 1.29 is 27.9 Å². The maximum atomic E-state index is 13.3. The lowest BCUT2D eigenvalue weighted by atomic mass is 9.95. The molecule has 0 radical (unpaired) electrons. The summed E-state index contributed by atoms with van der Waals surface area (Å²) in [5.41, 5.74) is 1.68. The van der Waals surface area contributed by atoms with Gasteiger partial charge in [0.2, 0.25) is 0 Å². The largest absolute Gasteiger partial charge is 0.481 e. The Hall–Kier alpha value is -3.61. The lowest BCUT2D eigenvalue weighted by molar-refractivity contribution is -0.138. The molecule has 0 saturated carbocycles. The van der Waals surface area contributed by atoms with Gasteiger partial charge in [-0.3, -0.25) is 9.59 Å². The van der Waals surface area contributed by atoms with Crippen molar-refractivity contribution in [1.82, 2.24) is 0 Å². The van der Waals surface area contributed by atoms with Crippen LogP contribution in [0.2, 0.25) is 0 Å². The van der Waals surface area contributed by atoms with Gasteiger partial charge in [0.25, 0.3) is 5.91 Å². The van der Waals surface area contributed by atoms with E-state index in [0.29, 0.717) is 27.9 Å². The van der Waals surface area contributed by atoms with Crippen molar-refractivity contribution in [3.05, 3.63) is 89.0 Å². The average molecular weight is 441 g/mol. The Balaban J connectivity index is 2.04. The number of carbonyl (C=O) groups excluding carboxylic acids is 1. The first-order valence-electron chi connectivity index (χ1n) is 9.99. The third-order valence-corrected chi connectivity index (χ3v) is 5.02. The van der Waals surface area contributed by atoms with Crippen molar-refractivity contribution in [3.63, 3.8) is 0 Å². The fraction of sp³-hybridized carbons (Fsp3) is 0.200. The maximum Gasteiger partial charge on any atom is 0.416 e. The summed E-state index contributed by atoms with van der Waals surface area (Å²) in [6.45, 7) is 3.77. The van der Waals surface area contributed by atoms with Crippen molar-refractivity contribution in [2.75, 3.05) is 5.32 Å². The van der Waals surface area contributed by atoms with Crippen LogP contribution in [0.25, 0.3) is 11.1 Å². The molecule has 3 rings (SSSR count). The molecule has 0 aromatic heterocycles. The van der Waals surface area contributed by atoms with E-state index in [4.69, 9.17) is 5.11 Å². The van der Waals surface area contributed by atoms with E-state index in [1.807, 2.05) is 13.8 Å². The molecule has 0 aliphatic rings. The van der Waals surface area contributed by atoms with Crippen LogP contribution in [0.15, 0.2) is 66.7 Å². The summed E-state index contributed by atoms with van der Waals surface area (Å²) in [5, 5.41) is 11.8. The van der Waals surface area contributed by atoms with Crippen LogP contribution in [0.5, 0.6) is 0 Å². The summed E-state index contributed by atoms with van der Waals surface area (Å²) in [6, 6.07) is 16.7. The summed E-state index contributed by atoms with van der Waals surface area (Å²) in [6.07, 6.45) is -4.76. The molecular formula is C25H22F3NO3. The lowest BCUT2D eigenvalue weighted by Gasteiger charge is -2.18. The van der Waals surface area contributed by atoms with Gasteiger partial charge in [0, 0.05) is 11.3 Å². The molecule has 0 unspecified atom stereocenters. The third kappa shape index (κ3) is 5.35. The number of aliphatic carboxylic acids is 1. The number of benzene rings is 3. The minimum absolute atomic E-state index is 0.0471. The van der Waals surface area contributed by atoms with Gasteiger partial charge in [0.15, 0.2) is 0 Å². The number of amides is 1. The Bertz CT molecular complexity index is 1140. The Labute approximate surface area is 183 Å². The molecule has 0 spiro atoms. The normalized spacial score (nSPS) is 11.4. The molecule has 1 amide bonds. The van der Waals surface area contributed by atoms with Crippen molar-refractivity contribution in [2.24, 2.45) is 0 Å². The van der Waals surface area contributed by atoms with Gasteiger partial charge in [-0.2, -0.15) is 13.2 Å². The van der Waals surface area contributed by atoms with Gasteiger partial charge in [-0.05, 0) is 46.4 Å². The molecule has 0 fully saturated rings. The molecule has 3 aromatic rings. The minimum Gasteiger partial charge on any atom is -0.481 e. The molecule has 4 nitrogen and oxygen atoms in total. The van der Waals surface area contributed by atoms with Crippen LogP contribution in [-0.2, 0) is 17.4 Å². The highest BCUT2D eigenvalue weighted by Gasteiger charge is 2.32. The predicted molar refractivity (Wildman–Crippen MR) is 117 cm³/mol. The average Bonchev–Trinajstić information content (AvgIpc) is 2.73. The summed E-state index contributed by atoms with van der Waals surface area (Å²) in [5.74, 6) is -1.70. The van der Waals surface area contributed by atoms with Gasteiger partial charge in [0.1, 0.15) is 0 Å². The molecule has 2 N–H and O–H groups in total. The third-order valence-electron chi connectivity index (χ3n) is 5.02. The molecule has 0 saturated heterocycles.